The summed E-state index contributed by atoms with van der Waals surface area (Å²) in [5, 5.41) is 8.25. The van der Waals surface area contributed by atoms with Crippen molar-refractivity contribution in [1.29, 1.82) is 5.41 Å². The first-order valence-corrected chi connectivity index (χ1v) is 9.92. The van der Waals surface area contributed by atoms with Crippen LogP contribution in [0.25, 0.3) is 5.57 Å². The summed E-state index contributed by atoms with van der Waals surface area (Å²) in [4.78, 5) is 20.5. The summed E-state index contributed by atoms with van der Waals surface area (Å²) in [6.45, 7) is 10.1. The molecule has 32 heavy (non-hydrogen) atoms. The highest BCUT2D eigenvalue weighted by Gasteiger charge is 2.14. The summed E-state index contributed by atoms with van der Waals surface area (Å²) in [6.07, 6.45) is 5.42. The van der Waals surface area contributed by atoms with Crippen LogP contribution in [0.2, 0.25) is 0 Å². The number of hydrogen-bond donors (Lipinski definition) is 2. The van der Waals surface area contributed by atoms with Gasteiger partial charge in [-0.1, -0.05) is 48.0 Å². The van der Waals surface area contributed by atoms with Gasteiger partial charge in [-0.05, 0) is 63.1 Å². The molecular formula is C26H33N3O3. The zero-order valence-electron chi connectivity index (χ0n) is 19.6. The monoisotopic (exact) mass is 435 g/mol. The molecule has 0 aromatic heterocycles. The number of aryl methyl sites for hydroxylation is 1. The van der Waals surface area contributed by atoms with Gasteiger partial charge in [0.25, 0.3) is 0 Å². The van der Waals surface area contributed by atoms with Crippen LogP contribution in [0.15, 0.2) is 65.2 Å². The average molecular weight is 436 g/mol. The number of amidine groups is 1. The lowest BCUT2D eigenvalue weighted by Gasteiger charge is -2.13. The molecule has 0 saturated carbocycles. The Labute approximate surface area is 191 Å². The fraction of sp³-hybridized carbons (Fsp3) is 0.231. The van der Waals surface area contributed by atoms with E-state index in [1.54, 1.807) is 7.11 Å². The molecule has 0 heterocycles. The molecule has 0 bridgehead atoms. The van der Waals surface area contributed by atoms with Crippen molar-refractivity contribution in [2.45, 2.75) is 27.2 Å². The molecule has 0 aliphatic heterocycles. The van der Waals surface area contributed by atoms with Gasteiger partial charge in [0, 0.05) is 16.8 Å². The molecule has 1 aliphatic carbocycles. The summed E-state index contributed by atoms with van der Waals surface area (Å²) >= 11 is 0. The van der Waals surface area contributed by atoms with E-state index in [-0.39, 0.29) is 5.84 Å². The van der Waals surface area contributed by atoms with Gasteiger partial charge in [0.2, 0.25) is 0 Å². The van der Waals surface area contributed by atoms with Gasteiger partial charge >= 0.3 is 0 Å². The van der Waals surface area contributed by atoms with Crippen molar-refractivity contribution in [2.24, 2.45) is 10.7 Å². The molecule has 0 spiro atoms. The first-order valence-electron chi connectivity index (χ1n) is 9.92. The Bertz CT molecular complexity index is 972. The van der Waals surface area contributed by atoms with Gasteiger partial charge in [-0.3, -0.25) is 5.41 Å². The first-order chi connectivity index (χ1) is 15.5. The van der Waals surface area contributed by atoms with Gasteiger partial charge in [-0.15, -0.1) is 0 Å². The Hall–Kier alpha value is -3.64. The molecule has 2 aromatic carbocycles. The number of nitrogens with one attached hydrogen (secondary N) is 1. The number of rotatable bonds is 4. The first kappa shape index (κ1) is 28.4. The molecule has 0 saturated heterocycles. The number of aliphatic imine (C=N–C) groups is 1. The third-order valence-electron chi connectivity index (χ3n) is 4.68. The van der Waals surface area contributed by atoms with Crippen LogP contribution in [-0.4, -0.2) is 39.3 Å². The number of ether oxygens (including phenoxy) is 1. The SMILES string of the molecule is C=O.C=O.CN.COc1cc(C(C)=NC(=N)c2ccc(C)cc2)ccc1C1=CCC=C1C. The second kappa shape index (κ2) is 15.2. The average Bonchev–Trinajstić information content (AvgIpc) is 3.28. The zero-order chi connectivity index (χ0) is 24.7. The largest absolute Gasteiger partial charge is 0.496 e. The summed E-state index contributed by atoms with van der Waals surface area (Å²) in [6, 6.07) is 14.0. The molecule has 0 fully saturated rings. The van der Waals surface area contributed by atoms with Gasteiger partial charge in [0.05, 0.1) is 7.11 Å². The molecule has 0 radical (unpaired) electrons. The molecule has 1 aliphatic rings. The summed E-state index contributed by atoms with van der Waals surface area (Å²) in [5.74, 6) is 1.10. The number of allylic oxidation sites excluding steroid dienone is 4. The quantitative estimate of drug-likeness (QED) is 0.532. The number of nitrogens with zero attached hydrogens (tertiary/aromatic N) is 1. The molecule has 3 rings (SSSR count). The van der Waals surface area contributed by atoms with E-state index in [0.717, 1.165) is 34.6 Å². The third-order valence-corrected chi connectivity index (χ3v) is 4.68. The topological polar surface area (TPSA) is 106 Å². The van der Waals surface area contributed by atoms with Crippen LogP contribution < -0.4 is 10.5 Å². The fourth-order valence-corrected chi connectivity index (χ4v) is 3.09. The molecule has 2 aromatic rings. The number of carbonyl (C=O) groups is 2. The summed E-state index contributed by atoms with van der Waals surface area (Å²) < 4.78 is 5.62. The lowest BCUT2D eigenvalue weighted by Crippen LogP contribution is -2.03. The van der Waals surface area contributed by atoms with Crippen LogP contribution >= 0.6 is 0 Å². The van der Waals surface area contributed by atoms with Crippen molar-refractivity contribution in [3.05, 3.63) is 82.4 Å². The van der Waals surface area contributed by atoms with E-state index in [4.69, 9.17) is 19.7 Å². The lowest BCUT2D eigenvalue weighted by molar-refractivity contribution is -0.0987. The van der Waals surface area contributed by atoms with Crippen molar-refractivity contribution in [1.82, 2.24) is 0 Å². The normalized spacial score (nSPS) is 11.9. The molecule has 6 nitrogen and oxygen atoms in total. The van der Waals surface area contributed by atoms with Crippen molar-refractivity contribution < 1.29 is 14.3 Å². The smallest absolute Gasteiger partial charge is 0.152 e. The van der Waals surface area contributed by atoms with Gasteiger partial charge in [0.15, 0.2) is 5.84 Å². The second-order valence-corrected chi connectivity index (χ2v) is 6.57. The van der Waals surface area contributed by atoms with Crippen LogP contribution in [0.5, 0.6) is 5.75 Å². The highest BCUT2D eigenvalue weighted by Crippen LogP contribution is 2.35. The van der Waals surface area contributed by atoms with E-state index in [2.05, 4.69) is 35.9 Å². The minimum Gasteiger partial charge on any atom is -0.496 e. The van der Waals surface area contributed by atoms with Gasteiger partial charge in [-0.2, -0.15) is 0 Å². The number of nitrogens with two attached hydrogens (primary N) is 1. The van der Waals surface area contributed by atoms with E-state index in [0.29, 0.717) is 0 Å². The Kier molecular flexibility index (Phi) is 13.5. The van der Waals surface area contributed by atoms with Crippen LogP contribution in [0.3, 0.4) is 0 Å². The molecule has 170 valence electrons. The molecule has 0 atom stereocenters. The number of hydrogen-bond acceptors (Lipinski definition) is 5. The zero-order valence-corrected chi connectivity index (χ0v) is 19.6. The minimum atomic E-state index is 0.267. The van der Waals surface area contributed by atoms with Crippen LogP contribution in [-0.2, 0) is 9.59 Å². The highest BCUT2D eigenvalue weighted by molar-refractivity contribution is 6.10. The molecular weight excluding hydrogens is 402 g/mol. The van der Waals surface area contributed by atoms with Crippen LogP contribution in [0, 0.1) is 12.3 Å². The number of benzene rings is 2. The van der Waals surface area contributed by atoms with Crippen molar-refractivity contribution >= 4 is 30.7 Å². The Morgan fingerprint density at radius 2 is 1.53 bits per heavy atom. The molecule has 3 N–H and O–H groups in total. The predicted molar refractivity (Wildman–Crippen MR) is 134 cm³/mol. The third kappa shape index (κ3) is 7.56. The molecule has 0 amide bonds. The fourth-order valence-electron chi connectivity index (χ4n) is 3.09. The van der Waals surface area contributed by atoms with E-state index < -0.39 is 0 Å². The van der Waals surface area contributed by atoms with Crippen LogP contribution in [0.1, 0.15) is 42.5 Å². The predicted octanol–water partition coefficient (Wildman–Crippen LogP) is 4.78. The standard InChI is InChI=1S/C23H24N2O.CH5N.2CH2O/c1-15-8-10-18(11-9-15)23(24)25-17(3)19-12-13-21(22(14-19)26-4)20-7-5-6-16(20)2;3*1-2/h6-14,24H,5H2,1-4H3;2H2,1H3;2*1H2. The van der Waals surface area contributed by atoms with Crippen molar-refractivity contribution in [3.63, 3.8) is 0 Å². The molecule has 0 unspecified atom stereocenters. The van der Waals surface area contributed by atoms with Gasteiger partial charge < -0.3 is 20.1 Å². The van der Waals surface area contributed by atoms with E-state index in [1.165, 1.54) is 23.8 Å². The maximum atomic E-state index is 8.25. The van der Waals surface area contributed by atoms with Crippen LogP contribution in [0.4, 0.5) is 0 Å². The number of carbonyl (C=O) groups excluding carboxylic acids is 2. The summed E-state index contributed by atoms with van der Waals surface area (Å²) in [7, 11) is 3.19. The Morgan fingerprint density at radius 3 is 2.03 bits per heavy atom. The van der Waals surface area contributed by atoms with Gasteiger partial charge in [-0.25, -0.2) is 4.99 Å². The Balaban J connectivity index is 0.00000148. The van der Waals surface area contributed by atoms with E-state index >= 15 is 0 Å². The van der Waals surface area contributed by atoms with E-state index in [1.807, 2.05) is 63.8 Å². The maximum absolute atomic E-state index is 8.25. The van der Waals surface area contributed by atoms with Crippen molar-refractivity contribution in [3.8, 4) is 5.75 Å². The molecule has 6 heteroatoms. The van der Waals surface area contributed by atoms with E-state index in [9.17, 15) is 0 Å². The second-order valence-electron chi connectivity index (χ2n) is 6.57. The van der Waals surface area contributed by atoms with Crippen molar-refractivity contribution in [2.75, 3.05) is 14.2 Å². The Morgan fingerprint density at radius 1 is 0.969 bits per heavy atom. The lowest BCUT2D eigenvalue weighted by atomic mass is 9.98. The summed E-state index contributed by atoms with van der Waals surface area (Å²) in [5.41, 5.74) is 11.9. The van der Waals surface area contributed by atoms with Gasteiger partial charge in [0.1, 0.15) is 19.3 Å². The highest BCUT2D eigenvalue weighted by atomic mass is 16.5. The maximum Gasteiger partial charge on any atom is 0.152 e. The number of methoxy groups -OCH3 is 1. The minimum absolute atomic E-state index is 0.267.